The Hall–Kier alpha value is -3.13. The largest absolute Gasteiger partial charge is 0.289 e. The summed E-state index contributed by atoms with van der Waals surface area (Å²) in [7, 11) is 0. The SMILES string of the molecule is O=[N+]([O-])c1ccc(-c2ncn(CNC3(c4ccc(F)cc4)CCC3)n2)cc1. The van der Waals surface area contributed by atoms with E-state index in [1.54, 1.807) is 23.1 Å². The maximum Gasteiger partial charge on any atom is 0.269 e. The maximum atomic E-state index is 13.2. The Morgan fingerprint density at radius 1 is 1.15 bits per heavy atom. The zero-order valence-electron chi connectivity index (χ0n) is 14.5. The van der Waals surface area contributed by atoms with Gasteiger partial charge in [-0.25, -0.2) is 14.1 Å². The van der Waals surface area contributed by atoms with Crippen molar-refractivity contribution in [3.63, 3.8) is 0 Å². The van der Waals surface area contributed by atoms with Gasteiger partial charge >= 0.3 is 0 Å². The maximum absolute atomic E-state index is 13.2. The summed E-state index contributed by atoms with van der Waals surface area (Å²) in [6.45, 7) is 0.470. The molecule has 138 valence electrons. The van der Waals surface area contributed by atoms with E-state index in [1.165, 1.54) is 24.3 Å². The molecule has 0 unspecified atom stereocenters. The molecule has 8 heteroatoms. The van der Waals surface area contributed by atoms with Crippen molar-refractivity contribution in [2.75, 3.05) is 0 Å². The molecule has 2 aromatic carbocycles. The first kappa shape index (κ1) is 17.3. The fraction of sp³-hybridized carbons (Fsp3) is 0.263. The van der Waals surface area contributed by atoms with Crippen LogP contribution in [-0.4, -0.2) is 19.7 Å². The average Bonchev–Trinajstić information content (AvgIpc) is 3.11. The van der Waals surface area contributed by atoms with Gasteiger partial charge in [-0.1, -0.05) is 12.1 Å². The Bertz CT molecular complexity index is 949. The minimum Gasteiger partial charge on any atom is -0.289 e. The van der Waals surface area contributed by atoms with Gasteiger partial charge in [0.05, 0.1) is 11.6 Å². The fourth-order valence-corrected chi connectivity index (χ4v) is 3.33. The zero-order chi connectivity index (χ0) is 18.9. The van der Waals surface area contributed by atoms with E-state index in [0.29, 0.717) is 12.5 Å². The molecule has 1 aliphatic rings. The number of nitro benzene ring substituents is 1. The lowest BCUT2D eigenvalue weighted by atomic mass is 9.72. The van der Waals surface area contributed by atoms with E-state index >= 15 is 0 Å². The van der Waals surface area contributed by atoms with E-state index in [9.17, 15) is 14.5 Å². The summed E-state index contributed by atoms with van der Waals surface area (Å²) in [5.41, 5.74) is 1.67. The monoisotopic (exact) mass is 367 g/mol. The molecule has 7 nitrogen and oxygen atoms in total. The average molecular weight is 367 g/mol. The number of hydrogen-bond acceptors (Lipinski definition) is 5. The quantitative estimate of drug-likeness (QED) is 0.531. The van der Waals surface area contributed by atoms with Crippen molar-refractivity contribution >= 4 is 5.69 Å². The first-order valence-electron chi connectivity index (χ1n) is 8.71. The molecule has 3 aromatic rings. The number of nitrogens with zero attached hydrogens (tertiary/aromatic N) is 4. The van der Waals surface area contributed by atoms with Crippen molar-refractivity contribution in [1.82, 2.24) is 20.1 Å². The molecule has 4 rings (SSSR count). The van der Waals surface area contributed by atoms with Crippen LogP contribution >= 0.6 is 0 Å². The van der Waals surface area contributed by atoms with Gasteiger partial charge in [-0.3, -0.25) is 15.4 Å². The number of nitrogens with one attached hydrogen (secondary N) is 1. The Labute approximate surface area is 155 Å². The molecule has 0 aliphatic heterocycles. The predicted molar refractivity (Wildman–Crippen MR) is 97.2 cm³/mol. The van der Waals surface area contributed by atoms with Crippen molar-refractivity contribution < 1.29 is 9.31 Å². The van der Waals surface area contributed by atoms with Crippen LogP contribution in [-0.2, 0) is 12.2 Å². The van der Waals surface area contributed by atoms with E-state index in [4.69, 9.17) is 0 Å². The van der Waals surface area contributed by atoms with Crippen LogP contribution in [0.2, 0.25) is 0 Å². The first-order chi connectivity index (χ1) is 13.1. The molecule has 1 heterocycles. The van der Waals surface area contributed by atoms with Crippen molar-refractivity contribution in [2.45, 2.75) is 31.5 Å². The second-order valence-corrected chi connectivity index (χ2v) is 6.69. The van der Waals surface area contributed by atoms with Gasteiger partial charge in [0.1, 0.15) is 12.1 Å². The highest BCUT2D eigenvalue weighted by molar-refractivity contribution is 5.56. The summed E-state index contributed by atoms with van der Waals surface area (Å²) in [5, 5.41) is 18.7. The van der Waals surface area contributed by atoms with Crippen LogP contribution in [0.3, 0.4) is 0 Å². The number of benzene rings is 2. The number of halogens is 1. The Kier molecular flexibility index (Phi) is 4.41. The van der Waals surface area contributed by atoms with Crippen LogP contribution in [0, 0.1) is 15.9 Å². The van der Waals surface area contributed by atoms with Crippen LogP contribution in [0.1, 0.15) is 24.8 Å². The van der Waals surface area contributed by atoms with Gasteiger partial charge in [-0.05, 0) is 49.1 Å². The third-order valence-corrected chi connectivity index (χ3v) is 5.06. The van der Waals surface area contributed by atoms with Crippen LogP contribution in [0.5, 0.6) is 0 Å². The standard InChI is InChI=1S/C19H18FN5O2/c20-16-6-4-15(5-7-16)19(10-1-11-19)22-13-24-12-21-18(23-24)14-2-8-17(9-3-14)25(26)27/h2-9,12,22H,1,10-11,13H2. The van der Waals surface area contributed by atoms with Crippen LogP contribution < -0.4 is 5.32 Å². The second kappa shape index (κ2) is 6.88. The second-order valence-electron chi connectivity index (χ2n) is 6.69. The molecule has 0 bridgehead atoms. The van der Waals surface area contributed by atoms with E-state index in [-0.39, 0.29) is 17.0 Å². The Morgan fingerprint density at radius 3 is 2.44 bits per heavy atom. The highest BCUT2D eigenvalue weighted by Crippen LogP contribution is 2.41. The molecule has 1 N–H and O–H groups in total. The van der Waals surface area contributed by atoms with Gasteiger partial charge in [-0.15, -0.1) is 5.10 Å². The molecule has 1 saturated carbocycles. The number of rotatable bonds is 6. The van der Waals surface area contributed by atoms with Crippen molar-refractivity contribution in [3.8, 4) is 11.4 Å². The number of non-ortho nitro benzene ring substituents is 1. The number of hydrogen-bond donors (Lipinski definition) is 1. The van der Waals surface area contributed by atoms with Gasteiger partial charge in [0.15, 0.2) is 5.82 Å². The lowest BCUT2D eigenvalue weighted by Crippen LogP contribution is -2.48. The lowest BCUT2D eigenvalue weighted by Gasteiger charge is -2.43. The van der Waals surface area contributed by atoms with Crippen LogP contribution in [0.4, 0.5) is 10.1 Å². The van der Waals surface area contributed by atoms with Crippen molar-refractivity contribution in [3.05, 3.63) is 76.4 Å². The molecule has 1 fully saturated rings. The molecule has 27 heavy (non-hydrogen) atoms. The highest BCUT2D eigenvalue weighted by Gasteiger charge is 2.38. The summed E-state index contributed by atoms with van der Waals surface area (Å²) >= 11 is 0. The molecule has 0 saturated heterocycles. The lowest BCUT2D eigenvalue weighted by molar-refractivity contribution is -0.384. The van der Waals surface area contributed by atoms with Crippen molar-refractivity contribution in [1.29, 1.82) is 0 Å². The number of nitro groups is 1. The molecule has 0 amide bonds. The van der Waals surface area contributed by atoms with E-state index in [0.717, 1.165) is 30.4 Å². The summed E-state index contributed by atoms with van der Waals surface area (Å²) in [5.74, 6) is 0.272. The molecular formula is C19H18FN5O2. The molecule has 1 aromatic heterocycles. The smallest absolute Gasteiger partial charge is 0.269 e. The van der Waals surface area contributed by atoms with Crippen LogP contribution in [0.15, 0.2) is 54.9 Å². The molecule has 0 radical (unpaired) electrons. The third kappa shape index (κ3) is 3.43. The highest BCUT2D eigenvalue weighted by atomic mass is 19.1. The molecule has 1 aliphatic carbocycles. The summed E-state index contributed by atoms with van der Waals surface area (Å²) < 4.78 is 14.9. The van der Waals surface area contributed by atoms with Crippen molar-refractivity contribution in [2.24, 2.45) is 0 Å². The normalized spacial score (nSPS) is 15.3. The summed E-state index contributed by atoms with van der Waals surface area (Å²) in [6.07, 6.45) is 4.72. The summed E-state index contributed by atoms with van der Waals surface area (Å²) in [4.78, 5) is 14.6. The number of aromatic nitrogens is 3. The molecule has 0 atom stereocenters. The third-order valence-electron chi connectivity index (χ3n) is 5.06. The van der Waals surface area contributed by atoms with Crippen LogP contribution in [0.25, 0.3) is 11.4 Å². The van der Waals surface area contributed by atoms with Gasteiger partial charge in [-0.2, -0.15) is 0 Å². The topological polar surface area (TPSA) is 85.9 Å². The first-order valence-corrected chi connectivity index (χ1v) is 8.71. The van der Waals surface area contributed by atoms with E-state index in [2.05, 4.69) is 15.4 Å². The van der Waals surface area contributed by atoms with Gasteiger partial charge in [0.25, 0.3) is 5.69 Å². The van der Waals surface area contributed by atoms with E-state index in [1.807, 2.05) is 12.1 Å². The van der Waals surface area contributed by atoms with Gasteiger partial charge < -0.3 is 0 Å². The fourth-order valence-electron chi connectivity index (χ4n) is 3.33. The summed E-state index contributed by atoms with van der Waals surface area (Å²) in [6, 6.07) is 12.8. The minimum atomic E-state index is -0.437. The Morgan fingerprint density at radius 2 is 1.85 bits per heavy atom. The van der Waals surface area contributed by atoms with Gasteiger partial charge in [0.2, 0.25) is 0 Å². The zero-order valence-corrected chi connectivity index (χ0v) is 14.5. The minimum absolute atomic E-state index is 0.0334. The van der Waals surface area contributed by atoms with E-state index < -0.39 is 4.92 Å². The predicted octanol–water partition coefficient (Wildman–Crippen LogP) is 3.62. The van der Waals surface area contributed by atoms with Gasteiger partial charge in [0, 0.05) is 23.2 Å². The molecular weight excluding hydrogens is 349 g/mol. The molecule has 0 spiro atoms. The Balaban J connectivity index is 1.46.